The first-order valence-electron chi connectivity index (χ1n) is 8.86. The molecule has 27 heavy (non-hydrogen) atoms. The van der Waals surface area contributed by atoms with Gasteiger partial charge in [-0.3, -0.25) is 9.69 Å². The lowest BCUT2D eigenvalue weighted by atomic mass is 9.83. The van der Waals surface area contributed by atoms with E-state index in [9.17, 15) is 9.59 Å². The van der Waals surface area contributed by atoms with E-state index in [4.69, 9.17) is 32.7 Å². The number of allylic oxidation sites excluding steroid dienone is 1. The van der Waals surface area contributed by atoms with Gasteiger partial charge < -0.3 is 9.47 Å². The lowest BCUT2D eigenvalue weighted by molar-refractivity contribution is -0.151. The maximum Gasteiger partial charge on any atom is 0.414 e. The summed E-state index contributed by atoms with van der Waals surface area (Å²) in [5.41, 5.74) is -1.16. The smallest absolute Gasteiger partial charge is 0.414 e. The van der Waals surface area contributed by atoms with Crippen LogP contribution in [0.15, 0.2) is 30.5 Å². The molecule has 3 rings (SSSR count). The number of rotatable bonds is 3. The molecule has 1 amide bonds. The molecule has 0 spiro atoms. The number of carbonyl (C=O) groups is 2. The SMILES string of the molecule is CCOC(=O)[C@@]12CN(C(=O)OC(C)(C)C)C=CC1(c1ccc(Cl)c(Cl)c1)C2. The number of carbonyl (C=O) groups excluding carboxylic acids is 2. The molecular weight excluding hydrogens is 389 g/mol. The number of amides is 1. The summed E-state index contributed by atoms with van der Waals surface area (Å²) >= 11 is 12.2. The van der Waals surface area contributed by atoms with Gasteiger partial charge in [0, 0.05) is 18.2 Å². The highest BCUT2D eigenvalue weighted by Crippen LogP contribution is 2.68. The second-order valence-corrected chi connectivity index (χ2v) is 8.82. The summed E-state index contributed by atoms with van der Waals surface area (Å²) in [7, 11) is 0. The molecule has 0 radical (unpaired) electrons. The van der Waals surface area contributed by atoms with Crippen molar-refractivity contribution >= 4 is 35.3 Å². The summed E-state index contributed by atoms with van der Waals surface area (Å²) in [5.74, 6) is -0.325. The van der Waals surface area contributed by atoms with Crippen molar-refractivity contribution in [2.75, 3.05) is 13.2 Å². The van der Waals surface area contributed by atoms with Gasteiger partial charge in [-0.05, 0) is 51.8 Å². The third kappa shape index (κ3) is 3.43. The van der Waals surface area contributed by atoms with Crippen molar-refractivity contribution < 1.29 is 19.1 Å². The first-order valence-corrected chi connectivity index (χ1v) is 9.62. The van der Waals surface area contributed by atoms with Crippen LogP contribution in [0.1, 0.15) is 39.7 Å². The van der Waals surface area contributed by atoms with Gasteiger partial charge >= 0.3 is 12.1 Å². The zero-order valence-electron chi connectivity index (χ0n) is 15.8. The van der Waals surface area contributed by atoms with Crippen LogP contribution in [0.25, 0.3) is 0 Å². The Morgan fingerprint density at radius 2 is 1.93 bits per heavy atom. The third-order valence-electron chi connectivity index (χ3n) is 5.02. The zero-order chi connectivity index (χ0) is 20.0. The number of halogens is 2. The Balaban J connectivity index is 1.97. The average Bonchev–Trinajstić information content (AvgIpc) is 3.27. The maximum absolute atomic E-state index is 12.9. The molecule has 7 heteroatoms. The van der Waals surface area contributed by atoms with Gasteiger partial charge in [0.25, 0.3) is 0 Å². The van der Waals surface area contributed by atoms with Gasteiger partial charge in [0.2, 0.25) is 0 Å². The second-order valence-electron chi connectivity index (χ2n) is 8.00. The Hall–Kier alpha value is -1.72. The first kappa shape index (κ1) is 20.0. The maximum atomic E-state index is 12.9. The summed E-state index contributed by atoms with van der Waals surface area (Å²) in [6.45, 7) is 7.64. The van der Waals surface area contributed by atoms with Gasteiger partial charge in [0.05, 0.1) is 16.7 Å². The van der Waals surface area contributed by atoms with Gasteiger partial charge in [0.15, 0.2) is 0 Å². The average molecular weight is 412 g/mol. The monoisotopic (exact) mass is 411 g/mol. The molecular formula is C20H23Cl2NO4. The summed E-state index contributed by atoms with van der Waals surface area (Å²) in [4.78, 5) is 26.8. The highest BCUT2D eigenvalue weighted by Gasteiger charge is 2.74. The van der Waals surface area contributed by atoms with Crippen molar-refractivity contribution in [1.29, 1.82) is 0 Å². The van der Waals surface area contributed by atoms with E-state index in [1.54, 1.807) is 46.0 Å². The van der Waals surface area contributed by atoms with E-state index in [0.717, 1.165) is 5.56 Å². The summed E-state index contributed by atoms with van der Waals surface area (Å²) in [6.07, 6.45) is 3.60. The van der Waals surface area contributed by atoms with Gasteiger partial charge in [-0.2, -0.15) is 0 Å². The quantitative estimate of drug-likeness (QED) is 0.660. The number of fused-ring (bicyclic) bond motifs is 1. The molecule has 0 N–H and O–H groups in total. The van der Waals surface area contributed by atoms with Gasteiger partial charge in [-0.15, -0.1) is 0 Å². The predicted octanol–water partition coefficient (Wildman–Crippen LogP) is 4.95. The minimum Gasteiger partial charge on any atom is -0.465 e. The molecule has 1 aromatic carbocycles. The Kier molecular flexibility index (Phi) is 4.98. The molecule has 1 unspecified atom stereocenters. The zero-order valence-corrected chi connectivity index (χ0v) is 17.4. The Morgan fingerprint density at radius 1 is 1.22 bits per heavy atom. The molecule has 0 bridgehead atoms. The van der Waals surface area contributed by atoms with E-state index in [1.165, 1.54) is 4.90 Å². The van der Waals surface area contributed by atoms with E-state index >= 15 is 0 Å². The summed E-state index contributed by atoms with van der Waals surface area (Å²) < 4.78 is 10.8. The lowest BCUT2D eigenvalue weighted by Crippen LogP contribution is -2.44. The second kappa shape index (κ2) is 6.71. The van der Waals surface area contributed by atoms with Gasteiger partial charge in [-0.1, -0.05) is 35.3 Å². The van der Waals surface area contributed by atoms with E-state index in [-0.39, 0.29) is 19.1 Å². The fraction of sp³-hybridized carbons (Fsp3) is 0.500. The topological polar surface area (TPSA) is 55.8 Å². The number of nitrogens with zero attached hydrogens (tertiary/aromatic N) is 1. The Bertz CT molecular complexity index is 817. The van der Waals surface area contributed by atoms with Crippen LogP contribution in [-0.2, 0) is 19.7 Å². The van der Waals surface area contributed by atoms with Gasteiger partial charge in [-0.25, -0.2) is 4.79 Å². The largest absolute Gasteiger partial charge is 0.465 e. The highest BCUT2D eigenvalue weighted by atomic mass is 35.5. The number of hydrogen-bond donors (Lipinski definition) is 0. The van der Waals surface area contributed by atoms with Crippen LogP contribution in [0.3, 0.4) is 0 Å². The fourth-order valence-corrected chi connectivity index (χ4v) is 3.99. The van der Waals surface area contributed by atoms with E-state index in [2.05, 4.69) is 0 Å². The fourth-order valence-electron chi connectivity index (χ4n) is 3.69. The molecule has 146 valence electrons. The van der Waals surface area contributed by atoms with Crippen molar-refractivity contribution in [3.63, 3.8) is 0 Å². The molecule has 0 saturated heterocycles. The molecule has 1 saturated carbocycles. The standard InChI is InChI=1S/C20H23Cl2NO4/c1-5-26-16(24)20-11-19(20,13-6-7-14(21)15(22)10-13)8-9-23(12-20)17(25)27-18(2,3)4/h6-10H,5,11-12H2,1-4H3/t19?,20-/m1/s1. The van der Waals surface area contributed by atoms with E-state index < -0.39 is 22.5 Å². The first-order chi connectivity index (χ1) is 12.5. The van der Waals surface area contributed by atoms with Crippen molar-refractivity contribution in [2.45, 2.75) is 45.1 Å². The Morgan fingerprint density at radius 3 is 2.52 bits per heavy atom. The number of ether oxygens (including phenoxy) is 2. The molecule has 2 aliphatic rings. The Labute approximate surface area is 169 Å². The minimum absolute atomic E-state index is 0.192. The number of hydrogen-bond acceptors (Lipinski definition) is 4. The predicted molar refractivity (Wildman–Crippen MR) is 104 cm³/mol. The van der Waals surface area contributed by atoms with Crippen LogP contribution >= 0.6 is 23.2 Å². The molecule has 2 atom stereocenters. The molecule has 1 aliphatic heterocycles. The minimum atomic E-state index is -0.855. The lowest BCUT2D eigenvalue weighted by Gasteiger charge is -2.33. The van der Waals surface area contributed by atoms with Crippen molar-refractivity contribution in [3.8, 4) is 0 Å². The van der Waals surface area contributed by atoms with Crippen molar-refractivity contribution in [3.05, 3.63) is 46.1 Å². The normalized spacial score (nSPS) is 26.4. The van der Waals surface area contributed by atoms with Crippen LogP contribution in [0, 0.1) is 5.41 Å². The van der Waals surface area contributed by atoms with Crippen LogP contribution in [0.5, 0.6) is 0 Å². The number of esters is 1. The molecule has 1 heterocycles. The molecule has 1 aromatic rings. The third-order valence-corrected chi connectivity index (χ3v) is 5.76. The van der Waals surface area contributed by atoms with Crippen LogP contribution in [0.4, 0.5) is 4.79 Å². The number of benzene rings is 1. The molecule has 5 nitrogen and oxygen atoms in total. The summed E-state index contributed by atoms with van der Waals surface area (Å²) in [5, 5.41) is 0.880. The van der Waals surface area contributed by atoms with Gasteiger partial charge in [0.1, 0.15) is 11.0 Å². The van der Waals surface area contributed by atoms with E-state index in [1.807, 2.05) is 12.1 Å². The van der Waals surface area contributed by atoms with Crippen LogP contribution in [0.2, 0.25) is 10.0 Å². The molecule has 1 fully saturated rings. The van der Waals surface area contributed by atoms with Crippen LogP contribution < -0.4 is 0 Å². The molecule has 0 aromatic heterocycles. The van der Waals surface area contributed by atoms with Crippen molar-refractivity contribution in [2.24, 2.45) is 5.41 Å². The van der Waals surface area contributed by atoms with Crippen molar-refractivity contribution in [1.82, 2.24) is 4.90 Å². The van der Waals surface area contributed by atoms with Crippen LogP contribution in [-0.4, -0.2) is 35.7 Å². The van der Waals surface area contributed by atoms with E-state index in [0.29, 0.717) is 16.5 Å². The molecule has 1 aliphatic carbocycles. The highest BCUT2D eigenvalue weighted by molar-refractivity contribution is 6.42. The summed E-state index contributed by atoms with van der Waals surface area (Å²) in [6, 6.07) is 5.36.